The first-order chi connectivity index (χ1) is 12.9. The Balaban J connectivity index is 1.73. The molecule has 0 aliphatic rings. The number of aromatic nitrogens is 2. The molecule has 0 bridgehead atoms. The molecule has 0 saturated heterocycles. The van der Waals surface area contributed by atoms with Crippen molar-refractivity contribution in [2.24, 2.45) is 5.92 Å². The Hall–Kier alpha value is -2.59. The maximum atomic E-state index is 12.5. The van der Waals surface area contributed by atoms with Gasteiger partial charge >= 0.3 is 5.97 Å². The van der Waals surface area contributed by atoms with Crippen LogP contribution in [0.25, 0.3) is 5.69 Å². The summed E-state index contributed by atoms with van der Waals surface area (Å²) >= 11 is 5.93. The van der Waals surface area contributed by atoms with Crippen molar-refractivity contribution in [3.8, 4) is 5.69 Å². The molecule has 0 N–H and O–H groups in total. The summed E-state index contributed by atoms with van der Waals surface area (Å²) in [6.07, 6.45) is 0.956. The number of carbonyl (C=O) groups is 1. The van der Waals surface area contributed by atoms with Crippen molar-refractivity contribution in [2.75, 3.05) is 0 Å². The summed E-state index contributed by atoms with van der Waals surface area (Å²) in [6, 6.07) is 17.1. The highest BCUT2D eigenvalue weighted by molar-refractivity contribution is 6.30. The molecule has 1 heterocycles. The van der Waals surface area contributed by atoms with Crippen LogP contribution in [0, 0.1) is 12.8 Å². The smallest absolute Gasteiger partial charge is 0.359 e. The van der Waals surface area contributed by atoms with Crippen LogP contribution in [-0.4, -0.2) is 15.7 Å². The van der Waals surface area contributed by atoms with Gasteiger partial charge in [0.15, 0.2) is 5.69 Å². The van der Waals surface area contributed by atoms with E-state index in [0.29, 0.717) is 16.6 Å². The van der Waals surface area contributed by atoms with Gasteiger partial charge in [-0.1, -0.05) is 49.7 Å². The van der Waals surface area contributed by atoms with E-state index in [4.69, 9.17) is 16.3 Å². The fourth-order valence-corrected chi connectivity index (χ4v) is 3.10. The highest BCUT2D eigenvalue weighted by Crippen LogP contribution is 2.18. The van der Waals surface area contributed by atoms with E-state index in [1.165, 1.54) is 5.56 Å². The zero-order valence-electron chi connectivity index (χ0n) is 15.8. The van der Waals surface area contributed by atoms with E-state index in [2.05, 4.69) is 25.0 Å². The second kappa shape index (κ2) is 8.40. The van der Waals surface area contributed by atoms with Crippen LogP contribution < -0.4 is 0 Å². The largest absolute Gasteiger partial charge is 0.456 e. The third-order valence-electron chi connectivity index (χ3n) is 4.27. The standard InChI is InChI=1S/C22H23ClN2O2/c1-15(2)12-17-6-4-5-7-18(17)14-27-22(26)21-13-16(3)25(24-21)20-10-8-19(23)9-11-20/h4-11,13,15H,12,14H2,1-3H3. The molecule has 4 nitrogen and oxygen atoms in total. The molecule has 3 rings (SSSR count). The van der Waals surface area contributed by atoms with E-state index in [0.717, 1.165) is 23.4 Å². The van der Waals surface area contributed by atoms with Crippen molar-refractivity contribution in [2.45, 2.75) is 33.8 Å². The van der Waals surface area contributed by atoms with Gasteiger partial charge in [-0.2, -0.15) is 5.10 Å². The fraction of sp³-hybridized carbons (Fsp3) is 0.273. The number of hydrogen-bond acceptors (Lipinski definition) is 3. The van der Waals surface area contributed by atoms with Crippen LogP contribution in [0.3, 0.4) is 0 Å². The van der Waals surface area contributed by atoms with Gasteiger partial charge in [0, 0.05) is 10.7 Å². The zero-order valence-corrected chi connectivity index (χ0v) is 16.5. The van der Waals surface area contributed by atoms with Crippen molar-refractivity contribution in [3.63, 3.8) is 0 Å². The predicted molar refractivity (Wildman–Crippen MR) is 107 cm³/mol. The van der Waals surface area contributed by atoms with E-state index in [-0.39, 0.29) is 6.61 Å². The third kappa shape index (κ3) is 4.77. The molecular weight excluding hydrogens is 360 g/mol. The third-order valence-corrected chi connectivity index (χ3v) is 4.53. The molecule has 0 aliphatic heterocycles. The van der Waals surface area contributed by atoms with Crippen LogP contribution in [0.2, 0.25) is 5.02 Å². The Kier molecular flexibility index (Phi) is 5.97. The van der Waals surface area contributed by atoms with Gasteiger partial charge in [-0.3, -0.25) is 0 Å². The van der Waals surface area contributed by atoms with Crippen LogP contribution in [-0.2, 0) is 17.8 Å². The average molecular weight is 383 g/mol. The number of hydrogen-bond donors (Lipinski definition) is 0. The Bertz CT molecular complexity index is 930. The number of benzene rings is 2. The maximum Gasteiger partial charge on any atom is 0.359 e. The van der Waals surface area contributed by atoms with Crippen LogP contribution >= 0.6 is 11.6 Å². The Morgan fingerprint density at radius 1 is 1.11 bits per heavy atom. The van der Waals surface area contributed by atoms with Crippen LogP contribution in [0.1, 0.15) is 41.2 Å². The van der Waals surface area contributed by atoms with Crippen LogP contribution in [0.4, 0.5) is 0 Å². The van der Waals surface area contributed by atoms with Gasteiger partial charge in [-0.25, -0.2) is 9.48 Å². The molecule has 27 heavy (non-hydrogen) atoms. The average Bonchev–Trinajstić information content (AvgIpc) is 3.03. The second-order valence-corrected chi connectivity index (χ2v) is 7.44. The van der Waals surface area contributed by atoms with Crippen molar-refractivity contribution < 1.29 is 9.53 Å². The molecule has 0 unspecified atom stereocenters. The summed E-state index contributed by atoms with van der Waals surface area (Å²) in [5.41, 5.74) is 4.24. The van der Waals surface area contributed by atoms with E-state index in [1.807, 2.05) is 37.3 Å². The number of rotatable bonds is 6. The topological polar surface area (TPSA) is 44.1 Å². The number of carbonyl (C=O) groups excluding carboxylic acids is 1. The molecule has 0 aliphatic carbocycles. The summed E-state index contributed by atoms with van der Waals surface area (Å²) in [6.45, 7) is 6.49. The molecule has 0 spiro atoms. The number of ether oxygens (including phenoxy) is 1. The number of halogens is 1. The van der Waals surface area contributed by atoms with E-state index in [9.17, 15) is 4.79 Å². The van der Waals surface area contributed by atoms with Gasteiger partial charge in [0.05, 0.1) is 5.69 Å². The Morgan fingerprint density at radius 2 is 1.78 bits per heavy atom. The SMILES string of the molecule is Cc1cc(C(=O)OCc2ccccc2CC(C)C)nn1-c1ccc(Cl)cc1. The maximum absolute atomic E-state index is 12.5. The quantitative estimate of drug-likeness (QED) is 0.537. The Labute approximate surface area is 164 Å². The minimum atomic E-state index is -0.426. The molecule has 2 aromatic carbocycles. The van der Waals surface area contributed by atoms with Gasteiger partial charge in [0.25, 0.3) is 0 Å². The highest BCUT2D eigenvalue weighted by atomic mass is 35.5. The van der Waals surface area contributed by atoms with Gasteiger partial charge in [-0.05, 0) is 60.7 Å². The van der Waals surface area contributed by atoms with E-state index in [1.54, 1.807) is 22.9 Å². The number of aryl methyl sites for hydroxylation is 1. The fourth-order valence-electron chi connectivity index (χ4n) is 2.97. The summed E-state index contributed by atoms with van der Waals surface area (Å²) in [5, 5.41) is 5.05. The molecule has 3 aromatic rings. The summed E-state index contributed by atoms with van der Waals surface area (Å²) in [7, 11) is 0. The molecular formula is C22H23ClN2O2. The summed E-state index contributed by atoms with van der Waals surface area (Å²) < 4.78 is 7.23. The first kappa shape index (κ1) is 19.2. The van der Waals surface area contributed by atoms with E-state index >= 15 is 0 Å². The molecule has 5 heteroatoms. The molecule has 1 aromatic heterocycles. The van der Waals surface area contributed by atoms with Crippen molar-refractivity contribution in [3.05, 3.63) is 82.1 Å². The molecule has 0 amide bonds. The van der Waals surface area contributed by atoms with Crippen molar-refractivity contribution in [1.29, 1.82) is 0 Å². The molecule has 0 radical (unpaired) electrons. The highest BCUT2D eigenvalue weighted by Gasteiger charge is 2.15. The zero-order chi connectivity index (χ0) is 19.4. The first-order valence-electron chi connectivity index (χ1n) is 9.00. The summed E-state index contributed by atoms with van der Waals surface area (Å²) in [5.74, 6) is 0.115. The lowest BCUT2D eigenvalue weighted by Crippen LogP contribution is -2.09. The molecule has 0 fully saturated rings. The summed E-state index contributed by atoms with van der Waals surface area (Å²) in [4.78, 5) is 12.5. The molecule has 0 saturated carbocycles. The lowest BCUT2D eigenvalue weighted by molar-refractivity contribution is 0.0464. The van der Waals surface area contributed by atoms with Gasteiger partial charge in [0.1, 0.15) is 6.61 Å². The first-order valence-corrected chi connectivity index (χ1v) is 9.38. The van der Waals surface area contributed by atoms with Gasteiger partial charge < -0.3 is 4.74 Å². The van der Waals surface area contributed by atoms with Crippen LogP contribution in [0.15, 0.2) is 54.6 Å². The lowest BCUT2D eigenvalue weighted by atomic mass is 9.98. The van der Waals surface area contributed by atoms with Gasteiger partial charge in [0.2, 0.25) is 0 Å². The van der Waals surface area contributed by atoms with Gasteiger partial charge in [-0.15, -0.1) is 0 Å². The normalized spacial score (nSPS) is 11.0. The van der Waals surface area contributed by atoms with Crippen LogP contribution in [0.5, 0.6) is 0 Å². The predicted octanol–water partition coefficient (Wildman–Crippen LogP) is 5.39. The molecule has 0 atom stereocenters. The molecule has 140 valence electrons. The monoisotopic (exact) mass is 382 g/mol. The van der Waals surface area contributed by atoms with Crippen molar-refractivity contribution >= 4 is 17.6 Å². The minimum absolute atomic E-state index is 0.245. The second-order valence-electron chi connectivity index (χ2n) is 7.00. The minimum Gasteiger partial charge on any atom is -0.456 e. The number of esters is 1. The number of nitrogens with zero attached hydrogens (tertiary/aromatic N) is 2. The van der Waals surface area contributed by atoms with Crippen molar-refractivity contribution in [1.82, 2.24) is 9.78 Å². The lowest BCUT2D eigenvalue weighted by Gasteiger charge is -2.11. The Morgan fingerprint density at radius 3 is 2.44 bits per heavy atom. The van der Waals surface area contributed by atoms with E-state index < -0.39 is 5.97 Å².